The Morgan fingerprint density at radius 3 is 2.52 bits per heavy atom. The molecule has 1 saturated heterocycles. The van der Waals surface area contributed by atoms with Crippen LogP contribution in [0.4, 0.5) is 0 Å². The number of aromatic nitrogens is 2. The lowest BCUT2D eigenvalue weighted by molar-refractivity contribution is 0.0614. The maximum Gasteiger partial charge on any atom is 0.218 e. The number of piperidine rings is 1. The van der Waals surface area contributed by atoms with Crippen LogP contribution in [0.25, 0.3) is 11.3 Å². The van der Waals surface area contributed by atoms with E-state index in [9.17, 15) is 13.5 Å². The Bertz CT molecular complexity index is 1150. The predicted molar refractivity (Wildman–Crippen MR) is 120 cm³/mol. The lowest BCUT2D eigenvalue weighted by atomic mass is 9.87. The van der Waals surface area contributed by atoms with Crippen molar-refractivity contribution in [3.8, 4) is 11.3 Å². The first-order valence-electron chi connectivity index (χ1n) is 10.8. The quantitative estimate of drug-likeness (QED) is 0.641. The van der Waals surface area contributed by atoms with E-state index < -0.39 is 16.1 Å². The van der Waals surface area contributed by atoms with Crippen LogP contribution in [0.2, 0.25) is 0 Å². The van der Waals surface area contributed by atoms with Crippen molar-refractivity contribution in [2.75, 3.05) is 13.1 Å². The van der Waals surface area contributed by atoms with Crippen LogP contribution in [0.3, 0.4) is 0 Å². The maximum absolute atomic E-state index is 12.8. The number of aliphatic hydroxyl groups is 1. The summed E-state index contributed by atoms with van der Waals surface area (Å²) in [6.45, 7) is 0.933. The van der Waals surface area contributed by atoms with Crippen LogP contribution in [-0.4, -0.2) is 46.6 Å². The third-order valence-electron chi connectivity index (χ3n) is 6.69. The minimum absolute atomic E-state index is 0.0311. The largest absolute Gasteiger partial charge is 0.393 e. The lowest BCUT2D eigenvalue weighted by Gasteiger charge is -2.34. The number of sulfonamides is 1. The van der Waals surface area contributed by atoms with E-state index in [1.54, 1.807) is 4.31 Å². The molecule has 0 radical (unpaired) electrons. The molecular formula is C24H27N3O3S. The summed E-state index contributed by atoms with van der Waals surface area (Å²) in [5, 5.41) is 11.0. The molecule has 2 atom stereocenters. The summed E-state index contributed by atoms with van der Waals surface area (Å²) < 4.78 is 29.3. The molecule has 1 fully saturated rings. The summed E-state index contributed by atoms with van der Waals surface area (Å²) in [4.78, 5) is 4.29. The number of hydrogen-bond donors (Lipinski definition) is 1. The SMILES string of the molecule is O=S(=O)(Cc1ccccc1)N1CCC(C(O)CC2c3ccccc3-c3cncn32)CC1. The molecule has 2 unspecified atom stereocenters. The van der Waals surface area contributed by atoms with Crippen molar-refractivity contribution in [2.24, 2.45) is 5.92 Å². The third kappa shape index (κ3) is 3.93. The molecule has 1 aromatic heterocycles. The Morgan fingerprint density at radius 1 is 1.03 bits per heavy atom. The van der Waals surface area contributed by atoms with Gasteiger partial charge in [-0.15, -0.1) is 0 Å². The number of rotatable bonds is 6. The van der Waals surface area contributed by atoms with Crippen LogP contribution in [0.5, 0.6) is 0 Å². The van der Waals surface area contributed by atoms with E-state index in [4.69, 9.17) is 0 Å². The number of benzene rings is 2. The number of aliphatic hydroxyl groups excluding tert-OH is 1. The van der Waals surface area contributed by atoms with Gasteiger partial charge in [-0.25, -0.2) is 17.7 Å². The minimum atomic E-state index is -3.34. The van der Waals surface area contributed by atoms with Gasteiger partial charge in [0.25, 0.3) is 0 Å². The van der Waals surface area contributed by atoms with E-state index in [0.29, 0.717) is 32.4 Å². The summed E-state index contributed by atoms with van der Waals surface area (Å²) in [5.41, 5.74) is 4.30. The molecule has 0 amide bonds. The van der Waals surface area contributed by atoms with Gasteiger partial charge >= 0.3 is 0 Å². The fraction of sp³-hybridized carbons (Fsp3) is 0.375. The number of imidazole rings is 1. The lowest BCUT2D eigenvalue weighted by Crippen LogP contribution is -2.42. The molecule has 3 heterocycles. The number of nitrogens with zero attached hydrogens (tertiary/aromatic N) is 3. The van der Waals surface area contributed by atoms with Crippen LogP contribution < -0.4 is 0 Å². The monoisotopic (exact) mass is 437 g/mol. The smallest absolute Gasteiger partial charge is 0.218 e. The topological polar surface area (TPSA) is 75.4 Å². The van der Waals surface area contributed by atoms with E-state index in [0.717, 1.165) is 11.3 Å². The molecule has 0 saturated carbocycles. The summed E-state index contributed by atoms with van der Waals surface area (Å²) >= 11 is 0. The molecular weight excluding hydrogens is 410 g/mol. The van der Waals surface area contributed by atoms with Crippen LogP contribution in [0, 0.1) is 5.92 Å². The van der Waals surface area contributed by atoms with E-state index in [2.05, 4.69) is 21.7 Å². The Labute approximate surface area is 183 Å². The molecule has 7 heteroatoms. The standard InChI is InChI=1S/C24H27N3O3S/c28-24(14-22-20-8-4-5-9-21(20)23-15-25-17-27(22)23)19-10-12-26(13-11-19)31(29,30)16-18-6-2-1-3-7-18/h1-9,15,17,19,22,24,28H,10-14,16H2. The molecule has 1 N–H and O–H groups in total. The Morgan fingerprint density at radius 2 is 1.74 bits per heavy atom. The third-order valence-corrected chi connectivity index (χ3v) is 8.54. The Hall–Kier alpha value is -2.48. The van der Waals surface area contributed by atoms with Gasteiger partial charge in [-0.3, -0.25) is 0 Å². The fourth-order valence-electron chi connectivity index (χ4n) is 5.01. The molecule has 3 aromatic rings. The van der Waals surface area contributed by atoms with E-state index in [-0.39, 0.29) is 17.7 Å². The van der Waals surface area contributed by atoms with Gasteiger partial charge in [0.2, 0.25) is 10.0 Å². The predicted octanol–water partition coefficient (Wildman–Crippen LogP) is 3.45. The van der Waals surface area contributed by atoms with E-state index >= 15 is 0 Å². The van der Waals surface area contributed by atoms with Crippen molar-refractivity contribution >= 4 is 10.0 Å². The molecule has 2 aliphatic heterocycles. The van der Waals surface area contributed by atoms with Gasteiger partial charge < -0.3 is 9.67 Å². The van der Waals surface area contributed by atoms with E-state index in [1.165, 1.54) is 11.1 Å². The van der Waals surface area contributed by atoms with Gasteiger partial charge in [-0.2, -0.15) is 0 Å². The zero-order valence-electron chi connectivity index (χ0n) is 17.3. The van der Waals surface area contributed by atoms with Crippen molar-refractivity contribution in [1.82, 2.24) is 13.9 Å². The summed E-state index contributed by atoms with van der Waals surface area (Å²) in [6, 6.07) is 17.7. The minimum Gasteiger partial charge on any atom is -0.393 e. The second-order valence-electron chi connectivity index (χ2n) is 8.57. The first-order chi connectivity index (χ1) is 15.0. The van der Waals surface area contributed by atoms with Crippen molar-refractivity contribution < 1.29 is 13.5 Å². The molecule has 2 aliphatic rings. The van der Waals surface area contributed by atoms with Gasteiger partial charge in [-0.1, -0.05) is 54.6 Å². The van der Waals surface area contributed by atoms with Crippen molar-refractivity contribution in [3.63, 3.8) is 0 Å². The van der Waals surface area contributed by atoms with Crippen LogP contribution in [-0.2, 0) is 15.8 Å². The van der Waals surface area contributed by atoms with Crippen molar-refractivity contribution in [3.05, 3.63) is 78.2 Å². The molecule has 2 aromatic carbocycles. The first-order valence-corrected chi connectivity index (χ1v) is 12.4. The molecule has 0 aliphatic carbocycles. The fourth-order valence-corrected chi connectivity index (χ4v) is 6.57. The van der Waals surface area contributed by atoms with Gasteiger partial charge in [-0.05, 0) is 36.3 Å². The molecule has 31 heavy (non-hydrogen) atoms. The van der Waals surface area contributed by atoms with Crippen LogP contribution in [0.1, 0.15) is 36.4 Å². The summed E-state index contributed by atoms with van der Waals surface area (Å²) in [5.74, 6) is 0.131. The second-order valence-corrected chi connectivity index (χ2v) is 10.5. The maximum atomic E-state index is 12.8. The van der Waals surface area contributed by atoms with Crippen LogP contribution >= 0.6 is 0 Å². The highest BCUT2D eigenvalue weighted by molar-refractivity contribution is 7.88. The average molecular weight is 438 g/mol. The number of hydrogen-bond acceptors (Lipinski definition) is 4. The first kappa shape index (κ1) is 20.4. The summed E-state index contributed by atoms with van der Waals surface area (Å²) in [6.07, 6.45) is 5.21. The van der Waals surface area contributed by atoms with Crippen molar-refractivity contribution in [2.45, 2.75) is 37.2 Å². The molecule has 5 rings (SSSR count). The Balaban J connectivity index is 1.23. The van der Waals surface area contributed by atoms with E-state index in [1.807, 2.05) is 55.0 Å². The van der Waals surface area contributed by atoms with Gasteiger partial charge in [0.05, 0.1) is 36.1 Å². The van der Waals surface area contributed by atoms with Crippen molar-refractivity contribution in [1.29, 1.82) is 0 Å². The van der Waals surface area contributed by atoms with Gasteiger partial charge in [0, 0.05) is 18.7 Å². The zero-order valence-corrected chi connectivity index (χ0v) is 18.2. The van der Waals surface area contributed by atoms with Gasteiger partial charge in [0.1, 0.15) is 0 Å². The Kier molecular flexibility index (Phi) is 5.42. The molecule has 0 bridgehead atoms. The number of fused-ring (bicyclic) bond motifs is 3. The highest BCUT2D eigenvalue weighted by Gasteiger charge is 2.35. The molecule has 0 spiro atoms. The normalized spacial score (nSPS) is 20.4. The van der Waals surface area contributed by atoms with Crippen LogP contribution in [0.15, 0.2) is 67.1 Å². The zero-order chi connectivity index (χ0) is 21.4. The summed E-state index contributed by atoms with van der Waals surface area (Å²) in [7, 11) is -3.34. The highest BCUT2D eigenvalue weighted by atomic mass is 32.2. The molecule has 162 valence electrons. The van der Waals surface area contributed by atoms with Gasteiger partial charge in [0.15, 0.2) is 0 Å². The highest BCUT2D eigenvalue weighted by Crippen LogP contribution is 2.42. The average Bonchev–Trinajstić information content (AvgIpc) is 3.37. The molecule has 6 nitrogen and oxygen atoms in total. The second kappa shape index (κ2) is 8.22.